The quantitative estimate of drug-likeness (QED) is 0.844. The molecule has 0 radical (unpaired) electrons. The number of likely N-dealkylation sites (N-methyl/N-ethyl adjacent to an activating group) is 2. The van der Waals surface area contributed by atoms with Crippen molar-refractivity contribution in [2.24, 2.45) is 5.92 Å². The molecule has 19 heavy (non-hydrogen) atoms. The van der Waals surface area contributed by atoms with Crippen molar-refractivity contribution in [1.82, 2.24) is 10.2 Å². The van der Waals surface area contributed by atoms with Crippen LogP contribution in [0.15, 0.2) is 18.2 Å². The van der Waals surface area contributed by atoms with Crippen LogP contribution in [0.4, 0.5) is 0 Å². The van der Waals surface area contributed by atoms with Gasteiger partial charge in [-0.3, -0.25) is 0 Å². The van der Waals surface area contributed by atoms with E-state index in [0.717, 1.165) is 12.5 Å². The summed E-state index contributed by atoms with van der Waals surface area (Å²) < 4.78 is 0. The van der Waals surface area contributed by atoms with Gasteiger partial charge in [0.15, 0.2) is 0 Å². The summed E-state index contributed by atoms with van der Waals surface area (Å²) in [4.78, 5) is 2.51. The molecule has 1 saturated carbocycles. The third-order valence-electron chi connectivity index (χ3n) is 4.75. The predicted octanol–water partition coefficient (Wildman–Crippen LogP) is 3.29. The topological polar surface area (TPSA) is 15.3 Å². The summed E-state index contributed by atoms with van der Waals surface area (Å²) in [7, 11) is 4.32. The highest BCUT2D eigenvalue weighted by Gasteiger charge is 2.31. The summed E-state index contributed by atoms with van der Waals surface area (Å²) in [6.45, 7) is 7.82. The van der Waals surface area contributed by atoms with Gasteiger partial charge in [0.2, 0.25) is 0 Å². The van der Waals surface area contributed by atoms with Crippen LogP contribution in [0, 0.1) is 19.8 Å². The second-order valence-corrected chi connectivity index (χ2v) is 6.20. The van der Waals surface area contributed by atoms with E-state index in [1.54, 1.807) is 0 Å². The van der Waals surface area contributed by atoms with Crippen LogP contribution < -0.4 is 5.32 Å². The molecule has 0 spiro atoms. The minimum absolute atomic E-state index is 0.422. The highest BCUT2D eigenvalue weighted by atomic mass is 15.2. The van der Waals surface area contributed by atoms with Crippen LogP contribution in [0.2, 0.25) is 0 Å². The maximum Gasteiger partial charge on any atom is 0.0446 e. The van der Waals surface area contributed by atoms with Gasteiger partial charge in [-0.2, -0.15) is 0 Å². The molecule has 2 unspecified atom stereocenters. The van der Waals surface area contributed by atoms with Crippen molar-refractivity contribution >= 4 is 0 Å². The minimum Gasteiger partial charge on any atom is -0.312 e. The van der Waals surface area contributed by atoms with Gasteiger partial charge in [0.05, 0.1) is 0 Å². The molecular formula is C17H28N2. The van der Waals surface area contributed by atoms with Gasteiger partial charge in [-0.25, -0.2) is 0 Å². The van der Waals surface area contributed by atoms with Gasteiger partial charge in [-0.15, -0.1) is 0 Å². The predicted molar refractivity (Wildman–Crippen MR) is 82.5 cm³/mol. The maximum absolute atomic E-state index is 3.47. The molecule has 0 saturated heterocycles. The Balaban J connectivity index is 2.04. The Morgan fingerprint density at radius 1 is 1.26 bits per heavy atom. The molecule has 0 amide bonds. The van der Waals surface area contributed by atoms with Gasteiger partial charge >= 0.3 is 0 Å². The maximum atomic E-state index is 3.47. The average Bonchev–Trinajstić information content (AvgIpc) is 3.22. The zero-order valence-electron chi connectivity index (χ0n) is 13.0. The fourth-order valence-corrected chi connectivity index (χ4v) is 2.74. The fourth-order valence-electron chi connectivity index (χ4n) is 2.74. The first-order valence-electron chi connectivity index (χ1n) is 7.47. The second-order valence-electron chi connectivity index (χ2n) is 6.20. The van der Waals surface area contributed by atoms with Crippen molar-refractivity contribution in [2.45, 2.75) is 45.7 Å². The standard InChI is InChI=1S/C17H28N2/c1-12-6-7-16(10-13(12)2)17(18-4)11-19(5)14(3)15-8-9-15/h6-7,10,14-15,17-18H,8-9,11H2,1-5H3. The Hall–Kier alpha value is -0.860. The first-order chi connectivity index (χ1) is 9.02. The zero-order chi connectivity index (χ0) is 14.0. The van der Waals surface area contributed by atoms with Crippen molar-refractivity contribution in [3.8, 4) is 0 Å². The van der Waals surface area contributed by atoms with Gasteiger partial charge < -0.3 is 10.2 Å². The van der Waals surface area contributed by atoms with Crippen molar-refractivity contribution in [2.75, 3.05) is 20.6 Å². The Labute approximate surface area is 118 Å². The lowest BCUT2D eigenvalue weighted by Crippen LogP contribution is -2.37. The summed E-state index contributed by atoms with van der Waals surface area (Å²) in [6.07, 6.45) is 2.83. The molecule has 0 aromatic heterocycles. The Bertz CT molecular complexity index is 423. The molecule has 1 aromatic carbocycles. The van der Waals surface area contributed by atoms with Crippen molar-refractivity contribution < 1.29 is 0 Å². The van der Waals surface area contributed by atoms with Gasteiger partial charge in [0.25, 0.3) is 0 Å². The highest BCUT2D eigenvalue weighted by molar-refractivity contribution is 5.31. The molecular weight excluding hydrogens is 232 g/mol. The Kier molecular flexibility index (Phi) is 4.64. The van der Waals surface area contributed by atoms with Crippen LogP contribution in [-0.4, -0.2) is 31.6 Å². The highest BCUT2D eigenvalue weighted by Crippen LogP contribution is 2.35. The van der Waals surface area contributed by atoms with E-state index in [-0.39, 0.29) is 0 Å². The molecule has 1 aliphatic carbocycles. The molecule has 1 aliphatic rings. The SMILES string of the molecule is CNC(CN(C)C(C)C1CC1)c1ccc(C)c(C)c1. The Morgan fingerprint density at radius 3 is 2.47 bits per heavy atom. The lowest BCUT2D eigenvalue weighted by Gasteiger charge is -2.29. The Morgan fingerprint density at radius 2 is 1.95 bits per heavy atom. The summed E-state index contributed by atoms with van der Waals surface area (Å²) in [6, 6.07) is 7.96. The average molecular weight is 260 g/mol. The minimum atomic E-state index is 0.422. The van der Waals surface area contributed by atoms with Crippen LogP contribution in [0.5, 0.6) is 0 Å². The number of hydrogen-bond acceptors (Lipinski definition) is 2. The number of nitrogens with zero attached hydrogens (tertiary/aromatic N) is 1. The number of aryl methyl sites for hydroxylation is 2. The third kappa shape index (κ3) is 3.58. The normalized spacial score (nSPS) is 18.6. The first kappa shape index (κ1) is 14.5. The monoisotopic (exact) mass is 260 g/mol. The van der Waals surface area contributed by atoms with Crippen LogP contribution in [0.25, 0.3) is 0 Å². The molecule has 2 rings (SSSR count). The summed E-state index contributed by atoms with van der Waals surface area (Å²) in [5.41, 5.74) is 4.16. The largest absolute Gasteiger partial charge is 0.312 e. The van der Waals surface area contributed by atoms with E-state index < -0.39 is 0 Å². The van der Waals surface area contributed by atoms with Crippen LogP contribution >= 0.6 is 0 Å². The number of rotatable bonds is 6. The van der Waals surface area contributed by atoms with E-state index in [1.165, 1.54) is 29.5 Å². The molecule has 2 heteroatoms. The van der Waals surface area contributed by atoms with Gasteiger partial charge in [-0.1, -0.05) is 18.2 Å². The van der Waals surface area contributed by atoms with Crippen molar-refractivity contribution in [3.63, 3.8) is 0 Å². The smallest absolute Gasteiger partial charge is 0.0446 e. The van der Waals surface area contributed by atoms with Crippen LogP contribution in [-0.2, 0) is 0 Å². The van der Waals surface area contributed by atoms with Gasteiger partial charge in [-0.05, 0) is 70.3 Å². The summed E-state index contributed by atoms with van der Waals surface area (Å²) in [5, 5.41) is 3.47. The molecule has 0 aliphatic heterocycles. The number of nitrogens with one attached hydrogen (secondary N) is 1. The van der Waals surface area contributed by atoms with Crippen molar-refractivity contribution in [3.05, 3.63) is 34.9 Å². The van der Waals surface area contributed by atoms with E-state index in [0.29, 0.717) is 12.1 Å². The van der Waals surface area contributed by atoms with Crippen molar-refractivity contribution in [1.29, 1.82) is 0 Å². The molecule has 1 aromatic rings. The lowest BCUT2D eigenvalue weighted by atomic mass is 10.00. The third-order valence-corrected chi connectivity index (χ3v) is 4.75. The molecule has 0 bridgehead atoms. The van der Waals surface area contributed by atoms with E-state index >= 15 is 0 Å². The van der Waals surface area contributed by atoms with Gasteiger partial charge in [0, 0.05) is 18.6 Å². The number of benzene rings is 1. The summed E-state index contributed by atoms with van der Waals surface area (Å²) in [5.74, 6) is 0.933. The molecule has 0 heterocycles. The second kappa shape index (κ2) is 6.06. The fraction of sp³-hybridized carbons (Fsp3) is 0.647. The molecule has 106 valence electrons. The van der Waals surface area contributed by atoms with E-state index in [4.69, 9.17) is 0 Å². The molecule has 2 nitrogen and oxygen atoms in total. The molecule has 2 atom stereocenters. The zero-order valence-corrected chi connectivity index (χ0v) is 13.0. The van der Waals surface area contributed by atoms with E-state index in [1.807, 2.05) is 0 Å². The molecule has 1 fully saturated rings. The van der Waals surface area contributed by atoms with Crippen LogP contribution in [0.3, 0.4) is 0 Å². The van der Waals surface area contributed by atoms with E-state index in [2.05, 4.69) is 63.3 Å². The lowest BCUT2D eigenvalue weighted by molar-refractivity contribution is 0.213. The summed E-state index contributed by atoms with van der Waals surface area (Å²) >= 11 is 0. The molecule has 1 N–H and O–H groups in total. The van der Waals surface area contributed by atoms with E-state index in [9.17, 15) is 0 Å². The first-order valence-corrected chi connectivity index (χ1v) is 7.47. The van der Waals surface area contributed by atoms with Crippen LogP contribution in [0.1, 0.15) is 42.5 Å². The number of hydrogen-bond donors (Lipinski definition) is 1. The van der Waals surface area contributed by atoms with Gasteiger partial charge in [0.1, 0.15) is 0 Å².